The van der Waals surface area contributed by atoms with Crippen LogP contribution in [0.4, 0.5) is 5.82 Å². The van der Waals surface area contributed by atoms with E-state index in [1.165, 1.54) is 0 Å². The third-order valence-electron chi connectivity index (χ3n) is 2.38. The summed E-state index contributed by atoms with van der Waals surface area (Å²) in [6, 6.07) is 0.400. The summed E-state index contributed by atoms with van der Waals surface area (Å²) in [7, 11) is 0. The molecule has 0 aliphatic carbocycles. The van der Waals surface area contributed by atoms with Crippen LogP contribution in [0.15, 0.2) is 6.20 Å². The van der Waals surface area contributed by atoms with Crippen LogP contribution in [0.2, 0.25) is 5.02 Å². The van der Waals surface area contributed by atoms with Crippen LogP contribution in [0.3, 0.4) is 0 Å². The van der Waals surface area contributed by atoms with Crippen LogP contribution >= 0.6 is 11.6 Å². The predicted molar refractivity (Wildman–Crippen MR) is 60.5 cm³/mol. The van der Waals surface area contributed by atoms with Crippen molar-refractivity contribution in [1.29, 1.82) is 0 Å². The molecule has 0 aliphatic heterocycles. The molecule has 0 fully saturated rings. The third-order valence-corrected chi connectivity index (χ3v) is 2.67. The summed E-state index contributed by atoms with van der Waals surface area (Å²) in [5.74, 6) is 0.596. The Bertz CT molecular complexity index is 277. The minimum atomic E-state index is 0.400. The highest BCUT2D eigenvalue weighted by Gasteiger charge is 2.14. The first-order chi connectivity index (χ1) is 6.70. The summed E-state index contributed by atoms with van der Waals surface area (Å²) < 4.78 is 1.86. The summed E-state index contributed by atoms with van der Waals surface area (Å²) in [5, 5.41) is 4.77. The van der Waals surface area contributed by atoms with E-state index >= 15 is 0 Å². The van der Waals surface area contributed by atoms with E-state index in [0.29, 0.717) is 16.9 Å². The second-order valence-electron chi connectivity index (χ2n) is 3.55. The fourth-order valence-corrected chi connectivity index (χ4v) is 1.83. The van der Waals surface area contributed by atoms with Gasteiger partial charge in [0.2, 0.25) is 0 Å². The number of hydrogen-bond acceptors (Lipinski definition) is 2. The lowest BCUT2D eigenvalue weighted by atomic mass is 10.1. The molecule has 4 heteroatoms. The van der Waals surface area contributed by atoms with Gasteiger partial charge >= 0.3 is 0 Å². The van der Waals surface area contributed by atoms with Crippen molar-refractivity contribution in [2.24, 2.45) is 0 Å². The van der Waals surface area contributed by atoms with Crippen molar-refractivity contribution in [2.45, 2.75) is 45.6 Å². The van der Waals surface area contributed by atoms with Gasteiger partial charge in [-0.25, -0.2) is 4.68 Å². The van der Waals surface area contributed by atoms with Gasteiger partial charge in [-0.15, -0.1) is 0 Å². The molecular weight excluding hydrogens is 198 g/mol. The van der Waals surface area contributed by atoms with Gasteiger partial charge in [0.25, 0.3) is 0 Å². The molecular formula is C10H18ClN3. The summed E-state index contributed by atoms with van der Waals surface area (Å²) in [5.41, 5.74) is 5.83. The maximum atomic E-state index is 5.87. The van der Waals surface area contributed by atoms with E-state index in [1.807, 2.05) is 4.68 Å². The molecule has 2 N–H and O–H groups in total. The van der Waals surface area contributed by atoms with Crippen LogP contribution in [-0.2, 0) is 0 Å². The molecule has 0 amide bonds. The fourth-order valence-electron chi connectivity index (χ4n) is 1.70. The Kier molecular flexibility index (Phi) is 4.26. The van der Waals surface area contributed by atoms with E-state index in [9.17, 15) is 0 Å². The minimum absolute atomic E-state index is 0.400. The molecule has 0 aliphatic rings. The second kappa shape index (κ2) is 5.25. The number of rotatable bonds is 5. The van der Waals surface area contributed by atoms with E-state index in [0.717, 1.165) is 25.7 Å². The summed E-state index contributed by atoms with van der Waals surface area (Å²) >= 11 is 5.87. The Labute approximate surface area is 90.2 Å². The van der Waals surface area contributed by atoms with Gasteiger partial charge in [0.15, 0.2) is 0 Å². The molecule has 1 aromatic rings. The third kappa shape index (κ3) is 2.41. The molecule has 0 atom stereocenters. The van der Waals surface area contributed by atoms with Crippen molar-refractivity contribution < 1.29 is 0 Å². The van der Waals surface area contributed by atoms with Crippen LogP contribution < -0.4 is 5.73 Å². The van der Waals surface area contributed by atoms with Crippen molar-refractivity contribution in [1.82, 2.24) is 9.78 Å². The van der Waals surface area contributed by atoms with Gasteiger partial charge in [-0.1, -0.05) is 38.3 Å². The Morgan fingerprint density at radius 2 is 2.00 bits per heavy atom. The molecule has 0 aromatic carbocycles. The molecule has 14 heavy (non-hydrogen) atoms. The second-order valence-corrected chi connectivity index (χ2v) is 3.96. The number of halogens is 1. The first-order valence-electron chi connectivity index (χ1n) is 5.19. The summed E-state index contributed by atoms with van der Waals surface area (Å²) in [6.45, 7) is 4.34. The molecule has 3 nitrogen and oxygen atoms in total. The van der Waals surface area contributed by atoms with Gasteiger partial charge in [0.05, 0.1) is 12.2 Å². The zero-order chi connectivity index (χ0) is 10.6. The monoisotopic (exact) mass is 215 g/mol. The number of anilines is 1. The zero-order valence-electron chi connectivity index (χ0n) is 8.83. The van der Waals surface area contributed by atoms with Crippen LogP contribution in [0, 0.1) is 0 Å². The van der Waals surface area contributed by atoms with Gasteiger partial charge in [-0.05, 0) is 12.8 Å². The minimum Gasteiger partial charge on any atom is -0.383 e. The van der Waals surface area contributed by atoms with E-state index in [-0.39, 0.29) is 0 Å². The lowest BCUT2D eigenvalue weighted by Crippen LogP contribution is -2.13. The van der Waals surface area contributed by atoms with E-state index in [4.69, 9.17) is 17.3 Å². The van der Waals surface area contributed by atoms with E-state index in [1.54, 1.807) is 6.20 Å². The van der Waals surface area contributed by atoms with Crippen LogP contribution in [0.5, 0.6) is 0 Å². The normalized spacial score (nSPS) is 11.1. The van der Waals surface area contributed by atoms with Gasteiger partial charge in [-0.3, -0.25) is 0 Å². The number of nitrogens with zero attached hydrogens (tertiary/aromatic N) is 2. The van der Waals surface area contributed by atoms with Gasteiger partial charge in [0, 0.05) is 0 Å². The molecule has 1 aromatic heterocycles. The number of nitrogens with two attached hydrogens (primary N) is 1. The Hall–Kier alpha value is -0.700. The maximum Gasteiger partial charge on any atom is 0.140 e. The van der Waals surface area contributed by atoms with Crippen molar-refractivity contribution in [3.05, 3.63) is 11.2 Å². The highest BCUT2D eigenvalue weighted by molar-refractivity contribution is 6.32. The average Bonchev–Trinajstić information content (AvgIpc) is 2.48. The van der Waals surface area contributed by atoms with Gasteiger partial charge < -0.3 is 5.73 Å². The zero-order valence-corrected chi connectivity index (χ0v) is 9.59. The largest absolute Gasteiger partial charge is 0.383 e. The van der Waals surface area contributed by atoms with E-state index in [2.05, 4.69) is 18.9 Å². The highest BCUT2D eigenvalue weighted by atomic mass is 35.5. The first-order valence-corrected chi connectivity index (χ1v) is 5.57. The Morgan fingerprint density at radius 1 is 1.43 bits per heavy atom. The summed E-state index contributed by atoms with van der Waals surface area (Å²) in [6.07, 6.45) is 6.12. The van der Waals surface area contributed by atoms with Crippen LogP contribution in [0.1, 0.15) is 45.6 Å². The maximum absolute atomic E-state index is 5.87. The van der Waals surface area contributed by atoms with Gasteiger partial charge in [-0.2, -0.15) is 5.10 Å². The molecule has 1 rings (SSSR count). The molecule has 1 heterocycles. The van der Waals surface area contributed by atoms with Crippen molar-refractivity contribution in [3.8, 4) is 0 Å². The Morgan fingerprint density at radius 3 is 2.36 bits per heavy atom. The smallest absolute Gasteiger partial charge is 0.140 e. The molecule has 0 unspecified atom stereocenters. The number of aromatic nitrogens is 2. The van der Waals surface area contributed by atoms with Crippen molar-refractivity contribution in [3.63, 3.8) is 0 Å². The molecule has 80 valence electrons. The fraction of sp³-hybridized carbons (Fsp3) is 0.700. The molecule has 0 saturated carbocycles. The van der Waals surface area contributed by atoms with E-state index < -0.39 is 0 Å². The highest BCUT2D eigenvalue weighted by Crippen LogP contribution is 2.26. The van der Waals surface area contributed by atoms with Crippen LogP contribution in [0.25, 0.3) is 0 Å². The topological polar surface area (TPSA) is 43.8 Å². The lowest BCUT2D eigenvalue weighted by Gasteiger charge is -2.17. The average molecular weight is 216 g/mol. The first kappa shape index (κ1) is 11.4. The molecule has 0 spiro atoms. The number of nitrogen functional groups attached to an aromatic ring is 1. The standard InChI is InChI=1S/C10H18ClN3/c1-3-5-8(6-4-2)14-10(12)9(11)7-13-14/h7-8H,3-6,12H2,1-2H3. The molecule has 0 bridgehead atoms. The SMILES string of the molecule is CCCC(CCC)n1ncc(Cl)c1N. The molecule has 0 radical (unpaired) electrons. The lowest BCUT2D eigenvalue weighted by molar-refractivity contribution is 0.396. The number of hydrogen-bond donors (Lipinski definition) is 1. The van der Waals surface area contributed by atoms with Crippen molar-refractivity contribution >= 4 is 17.4 Å². The van der Waals surface area contributed by atoms with Crippen molar-refractivity contribution in [2.75, 3.05) is 5.73 Å². The van der Waals surface area contributed by atoms with Crippen LogP contribution in [-0.4, -0.2) is 9.78 Å². The molecule has 0 saturated heterocycles. The van der Waals surface area contributed by atoms with Gasteiger partial charge in [0.1, 0.15) is 10.8 Å². The quantitative estimate of drug-likeness (QED) is 0.820. The predicted octanol–water partition coefficient (Wildman–Crippen LogP) is 3.26. The summed E-state index contributed by atoms with van der Waals surface area (Å²) in [4.78, 5) is 0. The Balaban J connectivity index is 2.81.